The molecule has 1 aliphatic heterocycles. The van der Waals surface area contributed by atoms with E-state index >= 15 is 0 Å². The first-order valence-electron chi connectivity index (χ1n) is 7.98. The molecule has 3 nitrogen and oxygen atoms in total. The number of carbonyl (C=O) groups is 1. The maximum absolute atomic E-state index is 11.8. The van der Waals surface area contributed by atoms with Gasteiger partial charge in [-0.25, -0.2) is 4.79 Å². The molecule has 0 saturated heterocycles. The maximum Gasteiger partial charge on any atom is 0.337 e. The standard InChI is InChI=1S/C20H19NO2/c1-23-20(22)14-10-11-18-17(12-14)15-8-5-9-16(15)19(21-18)13-6-3-2-4-7-13/h2-8,10-12,15-16,19,21H,9H2,1H3/t15-,16+,19-/m1/s1. The zero-order valence-corrected chi connectivity index (χ0v) is 13.0. The lowest BCUT2D eigenvalue weighted by molar-refractivity contribution is 0.0600. The number of ether oxygens (including phenoxy) is 1. The number of benzene rings is 2. The van der Waals surface area contributed by atoms with E-state index in [1.165, 1.54) is 18.2 Å². The monoisotopic (exact) mass is 305 g/mol. The van der Waals surface area contributed by atoms with Crippen molar-refractivity contribution >= 4 is 11.7 Å². The molecule has 0 bridgehead atoms. The third kappa shape index (κ3) is 2.33. The lowest BCUT2D eigenvalue weighted by atomic mass is 9.76. The molecule has 2 aromatic carbocycles. The number of methoxy groups -OCH3 is 1. The second kappa shape index (κ2) is 5.58. The molecule has 3 atom stereocenters. The molecule has 3 heteroatoms. The van der Waals surface area contributed by atoms with E-state index in [1.54, 1.807) is 0 Å². The highest BCUT2D eigenvalue weighted by Gasteiger charge is 2.38. The van der Waals surface area contributed by atoms with Crippen LogP contribution in [0.3, 0.4) is 0 Å². The van der Waals surface area contributed by atoms with Gasteiger partial charge in [-0.3, -0.25) is 0 Å². The molecule has 4 rings (SSSR count). The van der Waals surface area contributed by atoms with Crippen molar-refractivity contribution in [2.45, 2.75) is 18.4 Å². The first-order valence-corrected chi connectivity index (χ1v) is 7.98. The molecule has 1 aliphatic carbocycles. The number of allylic oxidation sites excluding steroid dienone is 2. The van der Waals surface area contributed by atoms with Crippen LogP contribution in [-0.4, -0.2) is 13.1 Å². The molecule has 0 aromatic heterocycles. The number of rotatable bonds is 2. The fourth-order valence-electron chi connectivity index (χ4n) is 3.83. The molecule has 0 unspecified atom stereocenters. The molecule has 0 saturated carbocycles. The van der Waals surface area contributed by atoms with Crippen LogP contribution in [0.15, 0.2) is 60.7 Å². The van der Waals surface area contributed by atoms with Crippen molar-refractivity contribution in [2.24, 2.45) is 5.92 Å². The molecular weight excluding hydrogens is 286 g/mol. The van der Waals surface area contributed by atoms with E-state index in [0.717, 1.165) is 12.1 Å². The molecule has 1 heterocycles. The molecule has 0 radical (unpaired) electrons. The number of anilines is 1. The van der Waals surface area contributed by atoms with E-state index in [4.69, 9.17) is 4.74 Å². The number of hydrogen-bond acceptors (Lipinski definition) is 3. The molecule has 1 N–H and O–H groups in total. The first-order chi connectivity index (χ1) is 11.3. The summed E-state index contributed by atoms with van der Waals surface area (Å²) in [7, 11) is 1.42. The Balaban J connectivity index is 1.76. The van der Waals surface area contributed by atoms with Gasteiger partial charge in [-0.15, -0.1) is 0 Å². The summed E-state index contributed by atoms with van der Waals surface area (Å²) in [5, 5.41) is 3.68. The summed E-state index contributed by atoms with van der Waals surface area (Å²) in [6.45, 7) is 0. The van der Waals surface area contributed by atoms with Crippen LogP contribution in [0.25, 0.3) is 0 Å². The van der Waals surface area contributed by atoms with Crippen LogP contribution in [0.2, 0.25) is 0 Å². The smallest absolute Gasteiger partial charge is 0.337 e. The number of esters is 1. The Morgan fingerprint density at radius 2 is 2.00 bits per heavy atom. The van der Waals surface area contributed by atoms with Gasteiger partial charge in [-0.1, -0.05) is 42.5 Å². The number of hydrogen-bond donors (Lipinski definition) is 1. The van der Waals surface area contributed by atoms with Crippen molar-refractivity contribution < 1.29 is 9.53 Å². The minimum atomic E-state index is -0.281. The lowest BCUT2D eigenvalue weighted by Gasteiger charge is -2.37. The number of carbonyl (C=O) groups excluding carboxylic acids is 1. The van der Waals surface area contributed by atoms with E-state index in [0.29, 0.717) is 23.4 Å². The molecule has 2 aliphatic rings. The van der Waals surface area contributed by atoms with Crippen molar-refractivity contribution in [3.63, 3.8) is 0 Å². The third-order valence-corrected chi connectivity index (χ3v) is 4.94. The van der Waals surface area contributed by atoms with Crippen LogP contribution in [0.4, 0.5) is 5.69 Å². The van der Waals surface area contributed by atoms with Crippen LogP contribution in [0, 0.1) is 5.92 Å². The molecule has 23 heavy (non-hydrogen) atoms. The van der Waals surface area contributed by atoms with Gasteiger partial charge in [0.15, 0.2) is 0 Å². The van der Waals surface area contributed by atoms with Gasteiger partial charge >= 0.3 is 5.97 Å². The van der Waals surface area contributed by atoms with Gasteiger partial charge in [0.2, 0.25) is 0 Å². The predicted molar refractivity (Wildman–Crippen MR) is 90.6 cm³/mol. The van der Waals surface area contributed by atoms with Gasteiger partial charge in [0.05, 0.1) is 18.7 Å². The topological polar surface area (TPSA) is 38.3 Å². The summed E-state index contributed by atoms with van der Waals surface area (Å²) in [4.78, 5) is 11.8. The van der Waals surface area contributed by atoms with Gasteiger partial charge in [0.25, 0.3) is 0 Å². The summed E-state index contributed by atoms with van der Waals surface area (Å²) < 4.78 is 4.85. The van der Waals surface area contributed by atoms with Crippen molar-refractivity contribution in [3.8, 4) is 0 Å². The Kier molecular flexibility index (Phi) is 3.41. The average molecular weight is 305 g/mol. The highest BCUT2D eigenvalue weighted by molar-refractivity contribution is 5.90. The van der Waals surface area contributed by atoms with E-state index < -0.39 is 0 Å². The molecule has 0 spiro atoms. The van der Waals surface area contributed by atoms with E-state index in [2.05, 4.69) is 41.7 Å². The summed E-state index contributed by atoms with van der Waals surface area (Å²) in [6, 6.07) is 16.7. The van der Waals surface area contributed by atoms with Gasteiger partial charge in [0.1, 0.15) is 0 Å². The van der Waals surface area contributed by atoms with Crippen molar-refractivity contribution in [3.05, 3.63) is 77.4 Å². The highest BCUT2D eigenvalue weighted by Crippen LogP contribution is 2.49. The van der Waals surface area contributed by atoms with Gasteiger partial charge in [0, 0.05) is 11.6 Å². The second-order valence-electron chi connectivity index (χ2n) is 6.18. The van der Waals surface area contributed by atoms with Gasteiger partial charge in [-0.2, -0.15) is 0 Å². The summed E-state index contributed by atoms with van der Waals surface area (Å²) in [5.74, 6) is 0.551. The Bertz CT molecular complexity index is 766. The normalized spacial score (nSPS) is 24.5. The Morgan fingerprint density at radius 1 is 1.17 bits per heavy atom. The van der Waals surface area contributed by atoms with Crippen LogP contribution in [0.1, 0.15) is 39.9 Å². The summed E-state index contributed by atoms with van der Waals surface area (Å²) in [6.07, 6.45) is 5.59. The van der Waals surface area contributed by atoms with Gasteiger partial charge in [-0.05, 0) is 41.7 Å². The zero-order valence-electron chi connectivity index (χ0n) is 13.0. The summed E-state index contributed by atoms with van der Waals surface area (Å²) in [5.41, 5.74) is 4.23. The van der Waals surface area contributed by atoms with E-state index in [9.17, 15) is 4.79 Å². The maximum atomic E-state index is 11.8. The van der Waals surface area contributed by atoms with Crippen LogP contribution < -0.4 is 5.32 Å². The van der Waals surface area contributed by atoms with Crippen LogP contribution >= 0.6 is 0 Å². The summed E-state index contributed by atoms with van der Waals surface area (Å²) >= 11 is 0. The third-order valence-electron chi connectivity index (χ3n) is 4.94. The van der Waals surface area contributed by atoms with Crippen LogP contribution in [0.5, 0.6) is 0 Å². The highest BCUT2D eigenvalue weighted by atomic mass is 16.5. The number of nitrogens with one attached hydrogen (secondary N) is 1. The molecule has 116 valence electrons. The quantitative estimate of drug-likeness (QED) is 0.664. The number of fused-ring (bicyclic) bond motifs is 3. The van der Waals surface area contributed by atoms with Crippen molar-refractivity contribution in [2.75, 3.05) is 12.4 Å². The van der Waals surface area contributed by atoms with Gasteiger partial charge < -0.3 is 10.1 Å². The minimum Gasteiger partial charge on any atom is -0.465 e. The Morgan fingerprint density at radius 3 is 2.78 bits per heavy atom. The molecule has 0 fully saturated rings. The van der Waals surface area contributed by atoms with E-state index in [-0.39, 0.29) is 5.97 Å². The SMILES string of the molecule is COC(=O)c1ccc2c(c1)[C@@H]1C=CC[C@@H]1[C@@H](c1ccccc1)N2. The fraction of sp³-hybridized carbons (Fsp3) is 0.250. The van der Waals surface area contributed by atoms with Crippen molar-refractivity contribution in [1.82, 2.24) is 0 Å². The largest absolute Gasteiger partial charge is 0.465 e. The predicted octanol–water partition coefficient (Wildman–Crippen LogP) is 4.30. The zero-order chi connectivity index (χ0) is 15.8. The molecule has 0 amide bonds. The Hall–Kier alpha value is -2.55. The second-order valence-corrected chi connectivity index (χ2v) is 6.18. The minimum absolute atomic E-state index is 0.281. The van der Waals surface area contributed by atoms with E-state index in [1.807, 2.05) is 24.3 Å². The molecule has 2 aromatic rings. The lowest BCUT2D eigenvalue weighted by Crippen LogP contribution is -2.29. The van der Waals surface area contributed by atoms with Crippen molar-refractivity contribution in [1.29, 1.82) is 0 Å². The average Bonchev–Trinajstić information content (AvgIpc) is 3.10. The Labute approximate surface area is 136 Å². The molecular formula is C20H19NO2. The van der Waals surface area contributed by atoms with Crippen LogP contribution in [-0.2, 0) is 4.74 Å². The fourth-order valence-corrected chi connectivity index (χ4v) is 3.83. The first kappa shape index (κ1) is 14.1.